The Morgan fingerprint density at radius 2 is 2.42 bits per heavy atom. The summed E-state index contributed by atoms with van der Waals surface area (Å²) in [4.78, 5) is 6.63. The van der Waals surface area contributed by atoms with Gasteiger partial charge in [0, 0.05) is 30.9 Å². The fourth-order valence-electron chi connectivity index (χ4n) is 2.65. The Bertz CT molecular complexity index is 321. The van der Waals surface area contributed by atoms with E-state index >= 15 is 0 Å². The van der Waals surface area contributed by atoms with E-state index in [9.17, 15) is 0 Å². The Balaban J connectivity index is 2.17. The predicted octanol–water partition coefficient (Wildman–Crippen LogP) is 1.56. The van der Waals surface area contributed by atoms with Crippen LogP contribution in [0.15, 0.2) is 18.5 Å². The molecular weight excluding hydrogens is 148 g/mol. The molecular formula is C10H12N2. The van der Waals surface area contributed by atoms with Gasteiger partial charge in [0.25, 0.3) is 0 Å². The molecule has 0 unspecified atom stereocenters. The molecule has 0 N–H and O–H groups in total. The molecule has 2 heterocycles. The minimum Gasteiger partial charge on any atom is -0.299 e. The molecule has 2 aliphatic rings. The first kappa shape index (κ1) is 6.61. The maximum absolute atomic E-state index is 4.18. The molecule has 62 valence electrons. The fraction of sp³-hybridized carbons (Fsp3) is 0.500. The molecule has 1 aliphatic carbocycles. The lowest BCUT2D eigenvalue weighted by molar-refractivity contribution is 0.307. The van der Waals surface area contributed by atoms with Gasteiger partial charge >= 0.3 is 0 Å². The molecule has 2 atom stereocenters. The molecule has 3 rings (SSSR count). The Kier molecular flexibility index (Phi) is 1.14. The summed E-state index contributed by atoms with van der Waals surface area (Å²) >= 11 is 0. The van der Waals surface area contributed by atoms with Crippen LogP contribution < -0.4 is 0 Å². The Morgan fingerprint density at radius 3 is 3.33 bits per heavy atom. The lowest BCUT2D eigenvalue weighted by Crippen LogP contribution is -2.22. The highest BCUT2D eigenvalue weighted by Crippen LogP contribution is 2.48. The summed E-state index contributed by atoms with van der Waals surface area (Å²) < 4.78 is 0. The van der Waals surface area contributed by atoms with E-state index in [0.29, 0.717) is 6.04 Å². The smallest absolute Gasteiger partial charge is 0.0355 e. The monoisotopic (exact) mass is 160 g/mol. The van der Waals surface area contributed by atoms with Gasteiger partial charge in [-0.2, -0.15) is 0 Å². The van der Waals surface area contributed by atoms with Crippen molar-refractivity contribution < 1.29 is 0 Å². The van der Waals surface area contributed by atoms with Crippen molar-refractivity contribution >= 4 is 0 Å². The molecule has 1 aromatic heterocycles. The Hall–Kier alpha value is -0.890. The van der Waals surface area contributed by atoms with Crippen molar-refractivity contribution in [2.45, 2.75) is 18.4 Å². The van der Waals surface area contributed by atoms with E-state index in [4.69, 9.17) is 0 Å². The lowest BCUT2D eigenvalue weighted by atomic mass is 10.0. The number of hydrogen-bond donors (Lipinski definition) is 0. The summed E-state index contributed by atoms with van der Waals surface area (Å²) in [5.41, 5.74) is 3.02. The number of rotatable bonds is 0. The van der Waals surface area contributed by atoms with Gasteiger partial charge < -0.3 is 0 Å². The van der Waals surface area contributed by atoms with Gasteiger partial charge in [-0.1, -0.05) is 0 Å². The van der Waals surface area contributed by atoms with Gasteiger partial charge in [-0.25, -0.2) is 0 Å². The Labute approximate surface area is 72.2 Å². The summed E-state index contributed by atoms with van der Waals surface area (Å²) in [6, 6.07) is 2.86. The van der Waals surface area contributed by atoms with E-state index in [-0.39, 0.29) is 0 Å². The van der Waals surface area contributed by atoms with Crippen LogP contribution in [0.5, 0.6) is 0 Å². The van der Waals surface area contributed by atoms with Crippen molar-refractivity contribution in [1.82, 2.24) is 9.88 Å². The zero-order valence-electron chi connectivity index (χ0n) is 7.20. The van der Waals surface area contributed by atoms with Gasteiger partial charge in [-0.3, -0.25) is 9.88 Å². The van der Waals surface area contributed by atoms with Crippen molar-refractivity contribution in [3.8, 4) is 0 Å². The summed E-state index contributed by atoms with van der Waals surface area (Å²) in [5, 5.41) is 0. The second kappa shape index (κ2) is 2.07. The summed E-state index contributed by atoms with van der Waals surface area (Å²) in [5.74, 6) is 0.767. The van der Waals surface area contributed by atoms with E-state index in [1.807, 2.05) is 12.4 Å². The summed E-state index contributed by atoms with van der Waals surface area (Å²) in [6.07, 6.45) is 5.28. The number of nitrogens with zero attached hydrogens (tertiary/aromatic N) is 2. The maximum Gasteiger partial charge on any atom is 0.0355 e. The van der Waals surface area contributed by atoms with Crippen LogP contribution in [0.25, 0.3) is 0 Å². The van der Waals surface area contributed by atoms with Crippen LogP contribution in [0.3, 0.4) is 0 Å². The highest BCUT2D eigenvalue weighted by Gasteiger charge is 2.40. The molecule has 0 radical (unpaired) electrons. The van der Waals surface area contributed by atoms with Crippen molar-refractivity contribution in [2.24, 2.45) is 0 Å². The van der Waals surface area contributed by atoms with Gasteiger partial charge in [0.2, 0.25) is 0 Å². The number of hydrogen-bond acceptors (Lipinski definition) is 2. The van der Waals surface area contributed by atoms with Crippen LogP contribution in [0.1, 0.15) is 29.5 Å². The lowest BCUT2D eigenvalue weighted by Gasteiger charge is -2.23. The zero-order chi connectivity index (χ0) is 8.13. The van der Waals surface area contributed by atoms with Crippen molar-refractivity contribution in [2.75, 3.05) is 13.6 Å². The van der Waals surface area contributed by atoms with E-state index in [1.165, 1.54) is 24.1 Å². The molecule has 0 amide bonds. The third-order valence-electron chi connectivity index (χ3n) is 3.23. The van der Waals surface area contributed by atoms with Crippen LogP contribution in [0, 0.1) is 0 Å². The minimum atomic E-state index is 0.688. The average Bonchev–Trinajstić information content (AvgIpc) is 2.62. The third-order valence-corrected chi connectivity index (χ3v) is 3.23. The quantitative estimate of drug-likeness (QED) is 0.572. The van der Waals surface area contributed by atoms with Gasteiger partial charge in [0.05, 0.1) is 0 Å². The largest absolute Gasteiger partial charge is 0.299 e. The summed E-state index contributed by atoms with van der Waals surface area (Å²) in [7, 11) is 2.22. The van der Waals surface area contributed by atoms with Crippen LogP contribution in [-0.2, 0) is 0 Å². The fourth-order valence-corrected chi connectivity index (χ4v) is 2.65. The number of likely N-dealkylation sites (tertiary alicyclic amines) is 1. The normalized spacial score (nSPS) is 32.4. The molecule has 1 aromatic rings. The first-order valence-corrected chi connectivity index (χ1v) is 4.50. The molecule has 1 fully saturated rings. The molecule has 0 spiro atoms. The summed E-state index contributed by atoms with van der Waals surface area (Å²) in [6.45, 7) is 1.23. The minimum absolute atomic E-state index is 0.688. The van der Waals surface area contributed by atoms with Crippen molar-refractivity contribution in [3.63, 3.8) is 0 Å². The van der Waals surface area contributed by atoms with Gasteiger partial charge in [-0.15, -0.1) is 0 Å². The van der Waals surface area contributed by atoms with E-state index in [1.54, 1.807) is 0 Å². The molecule has 12 heavy (non-hydrogen) atoms. The van der Waals surface area contributed by atoms with E-state index < -0.39 is 0 Å². The third kappa shape index (κ3) is 0.661. The molecule has 1 saturated heterocycles. The van der Waals surface area contributed by atoms with Gasteiger partial charge in [-0.05, 0) is 30.7 Å². The molecule has 0 saturated carbocycles. The van der Waals surface area contributed by atoms with E-state index in [2.05, 4.69) is 23.0 Å². The zero-order valence-corrected chi connectivity index (χ0v) is 7.20. The van der Waals surface area contributed by atoms with Gasteiger partial charge in [0.15, 0.2) is 0 Å². The Morgan fingerprint density at radius 1 is 1.50 bits per heavy atom. The number of aromatic nitrogens is 1. The van der Waals surface area contributed by atoms with Crippen molar-refractivity contribution in [3.05, 3.63) is 29.6 Å². The van der Waals surface area contributed by atoms with Crippen LogP contribution >= 0.6 is 0 Å². The number of likely N-dealkylation sites (N-methyl/N-ethyl adjacent to an activating group) is 1. The molecule has 2 bridgehead atoms. The van der Waals surface area contributed by atoms with Crippen molar-refractivity contribution in [1.29, 1.82) is 0 Å². The second-order valence-corrected chi connectivity index (χ2v) is 3.89. The highest BCUT2D eigenvalue weighted by molar-refractivity contribution is 5.38. The molecule has 2 heteroatoms. The standard InChI is InChI=1S/C10H12N2/c1-12-6-7-4-10(12)8-2-3-11-5-9(7)8/h2-3,5,7,10H,4,6H2,1H3/t7-,10-/m1/s1. The highest BCUT2D eigenvalue weighted by atomic mass is 15.2. The molecule has 0 aromatic carbocycles. The van der Waals surface area contributed by atoms with Crippen LogP contribution in [0.4, 0.5) is 0 Å². The first-order chi connectivity index (χ1) is 5.86. The van der Waals surface area contributed by atoms with Crippen LogP contribution in [-0.4, -0.2) is 23.5 Å². The number of fused-ring (bicyclic) bond motifs is 5. The first-order valence-electron chi connectivity index (χ1n) is 4.50. The van der Waals surface area contributed by atoms with Crippen LogP contribution in [0.2, 0.25) is 0 Å². The van der Waals surface area contributed by atoms with Gasteiger partial charge in [0.1, 0.15) is 0 Å². The second-order valence-electron chi connectivity index (χ2n) is 3.89. The predicted molar refractivity (Wildman–Crippen MR) is 47.0 cm³/mol. The molecule has 2 nitrogen and oxygen atoms in total. The van der Waals surface area contributed by atoms with E-state index in [0.717, 1.165) is 5.92 Å². The number of pyridine rings is 1. The SMILES string of the molecule is CN1C[C@H]2C[C@@H]1c1ccncc12. The average molecular weight is 160 g/mol. The molecule has 1 aliphatic heterocycles. The topological polar surface area (TPSA) is 16.1 Å². The maximum atomic E-state index is 4.18.